The molecule has 0 atom stereocenters. The van der Waals surface area contributed by atoms with Crippen molar-refractivity contribution in [1.82, 2.24) is 9.97 Å². The van der Waals surface area contributed by atoms with Gasteiger partial charge in [-0.3, -0.25) is 4.79 Å². The van der Waals surface area contributed by atoms with Gasteiger partial charge in [-0.2, -0.15) is 0 Å². The number of aromatic nitrogens is 2. The van der Waals surface area contributed by atoms with E-state index in [2.05, 4.69) is 30.7 Å². The molecule has 1 aromatic heterocycles. The normalized spacial score (nSPS) is 11.7. The van der Waals surface area contributed by atoms with E-state index in [9.17, 15) is 4.79 Å². The Kier molecular flexibility index (Phi) is 3.93. The first-order chi connectivity index (χ1) is 6.90. The number of thioether (sulfide) groups is 1. The maximum absolute atomic E-state index is 11.2. The van der Waals surface area contributed by atoms with Crippen molar-refractivity contribution in [3.05, 3.63) is 27.9 Å². The molecule has 5 heteroatoms. The van der Waals surface area contributed by atoms with Crippen molar-refractivity contribution in [1.29, 1.82) is 0 Å². The Morgan fingerprint density at radius 3 is 2.73 bits per heavy atom. The van der Waals surface area contributed by atoms with Gasteiger partial charge in [-0.25, -0.2) is 4.98 Å². The van der Waals surface area contributed by atoms with E-state index in [1.54, 1.807) is 11.8 Å². The number of nitrogens with one attached hydrogen (secondary N) is 1. The molecule has 1 heterocycles. The summed E-state index contributed by atoms with van der Waals surface area (Å²) in [5.74, 6) is 1.40. The van der Waals surface area contributed by atoms with Gasteiger partial charge < -0.3 is 10.7 Å². The fourth-order valence-electron chi connectivity index (χ4n) is 1.02. The van der Waals surface area contributed by atoms with Crippen molar-refractivity contribution in [2.45, 2.75) is 37.8 Å². The predicted octanol–water partition coefficient (Wildman–Crippen LogP) is 1.26. The topological polar surface area (TPSA) is 71.8 Å². The molecule has 0 aliphatic rings. The molecule has 3 N–H and O–H groups in total. The molecule has 1 aromatic rings. The number of nitrogens with zero attached hydrogens (tertiary/aromatic N) is 1. The molecule has 0 unspecified atom stereocenters. The van der Waals surface area contributed by atoms with Gasteiger partial charge in [0.1, 0.15) is 5.82 Å². The summed E-state index contributed by atoms with van der Waals surface area (Å²) in [5, 5.41) is 0. The maximum Gasteiger partial charge on any atom is 0.251 e. The van der Waals surface area contributed by atoms with Crippen LogP contribution in [0.3, 0.4) is 0 Å². The second kappa shape index (κ2) is 4.81. The van der Waals surface area contributed by atoms with Crippen LogP contribution in [-0.4, -0.2) is 14.7 Å². The zero-order chi connectivity index (χ0) is 11.5. The Morgan fingerprint density at radius 1 is 1.53 bits per heavy atom. The van der Waals surface area contributed by atoms with Crippen LogP contribution in [0.25, 0.3) is 0 Å². The molecule has 0 aromatic carbocycles. The zero-order valence-electron chi connectivity index (χ0n) is 9.33. The van der Waals surface area contributed by atoms with Gasteiger partial charge in [-0.05, 0) is 0 Å². The Balaban J connectivity index is 2.77. The van der Waals surface area contributed by atoms with Crippen molar-refractivity contribution < 1.29 is 0 Å². The summed E-state index contributed by atoms with van der Waals surface area (Å²) in [7, 11) is 0. The molecule has 0 bridgehead atoms. The van der Waals surface area contributed by atoms with Crippen LogP contribution in [0.4, 0.5) is 0 Å². The lowest BCUT2D eigenvalue weighted by Gasteiger charge is -2.16. The summed E-state index contributed by atoms with van der Waals surface area (Å²) in [6.07, 6.45) is 0. The monoisotopic (exact) mass is 227 g/mol. The highest BCUT2D eigenvalue weighted by atomic mass is 32.2. The zero-order valence-corrected chi connectivity index (χ0v) is 10.1. The molecule has 0 amide bonds. The van der Waals surface area contributed by atoms with Crippen LogP contribution >= 0.6 is 11.8 Å². The quantitative estimate of drug-likeness (QED) is 0.815. The van der Waals surface area contributed by atoms with Crippen molar-refractivity contribution >= 4 is 11.8 Å². The van der Waals surface area contributed by atoms with Crippen molar-refractivity contribution in [2.24, 2.45) is 5.73 Å². The average molecular weight is 227 g/mol. The number of rotatable bonds is 3. The standard InChI is InChI=1S/C10H17N3OS/c1-10(2,3)15-6-8-12-7(5-11)4-9(14)13-8/h4H,5-6,11H2,1-3H3,(H,12,13,14). The molecule has 0 fully saturated rings. The molecule has 4 nitrogen and oxygen atoms in total. The number of nitrogens with two attached hydrogens (primary N) is 1. The highest BCUT2D eigenvalue weighted by molar-refractivity contribution is 7.99. The third kappa shape index (κ3) is 4.48. The summed E-state index contributed by atoms with van der Waals surface area (Å²) in [4.78, 5) is 18.2. The first-order valence-electron chi connectivity index (χ1n) is 4.84. The summed E-state index contributed by atoms with van der Waals surface area (Å²) >= 11 is 1.74. The molecule has 15 heavy (non-hydrogen) atoms. The average Bonchev–Trinajstić information content (AvgIpc) is 2.13. The van der Waals surface area contributed by atoms with Gasteiger partial charge in [-0.1, -0.05) is 20.8 Å². The molecule has 0 radical (unpaired) electrons. The third-order valence-corrected chi connectivity index (χ3v) is 2.98. The minimum absolute atomic E-state index is 0.130. The van der Waals surface area contributed by atoms with Gasteiger partial charge in [0.15, 0.2) is 0 Å². The highest BCUT2D eigenvalue weighted by Crippen LogP contribution is 2.25. The van der Waals surface area contributed by atoms with E-state index in [1.165, 1.54) is 6.07 Å². The van der Waals surface area contributed by atoms with Crippen molar-refractivity contribution in [3.63, 3.8) is 0 Å². The molecule has 0 aliphatic heterocycles. The summed E-state index contributed by atoms with van der Waals surface area (Å²) in [6, 6.07) is 1.44. The second-order valence-corrected chi connectivity index (χ2v) is 6.09. The van der Waals surface area contributed by atoms with Gasteiger partial charge in [0.25, 0.3) is 5.56 Å². The second-order valence-electron chi connectivity index (χ2n) is 4.29. The van der Waals surface area contributed by atoms with Gasteiger partial charge in [0.2, 0.25) is 0 Å². The first-order valence-corrected chi connectivity index (χ1v) is 5.82. The lowest BCUT2D eigenvalue weighted by molar-refractivity contribution is 0.798. The molecule has 84 valence electrons. The Bertz CT molecular complexity index is 381. The SMILES string of the molecule is CC(C)(C)SCc1nc(CN)cc(=O)[nH]1. The number of hydrogen-bond acceptors (Lipinski definition) is 4. The molecule has 0 saturated carbocycles. The molecule has 0 aliphatic carbocycles. The Labute approximate surface area is 93.7 Å². The van der Waals surface area contributed by atoms with Crippen LogP contribution < -0.4 is 11.3 Å². The number of hydrogen-bond donors (Lipinski definition) is 2. The highest BCUT2D eigenvalue weighted by Gasteiger charge is 2.11. The number of H-pyrrole nitrogens is 1. The third-order valence-electron chi connectivity index (χ3n) is 1.69. The fraction of sp³-hybridized carbons (Fsp3) is 0.600. The smallest absolute Gasteiger partial charge is 0.251 e. The van der Waals surface area contributed by atoms with Crippen LogP contribution in [0.5, 0.6) is 0 Å². The largest absolute Gasteiger partial charge is 0.325 e. The minimum atomic E-state index is -0.130. The molecule has 1 rings (SSSR count). The van der Waals surface area contributed by atoms with E-state index in [0.29, 0.717) is 23.8 Å². The Morgan fingerprint density at radius 2 is 2.20 bits per heavy atom. The van der Waals surface area contributed by atoms with E-state index < -0.39 is 0 Å². The lowest BCUT2D eigenvalue weighted by atomic mass is 10.3. The maximum atomic E-state index is 11.2. The lowest BCUT2D eigenvalue weighted by Crippen LogP contribution is -2.16. The van der Waals surface area contributed by atoms with Crippen molar-refractivity contribution in [2.75, 3.05) is 0 Å². The van der Waals surface area contributed by atoms with E-state index in [1.807, 2.05) is 0 Å². The van der Waals surface area contributed by atoms with Gasteiger partial charge in [-0.15, -0.1) is 11.8 Å². The molecular weight excluding hydrogens is 210 g/mol. The van der Waals surface area contributed by atoms with Crippen LogP contribution in [0.15, 0.2) is 10.9 Å². The van der Waals surface area contributed by atoms with E-state index in [0.717, 1.165) is 0 Å². The molecule has 0 saturated heterocycles. The van der Waals surface area contributed by atoms with Gasteiger partial charge in [0, 0.05) is 17.4 Å². The van der Waals surface area contributed by atoms with Crippen LogP contribution in [0, 0.1) is 0 Å². The van der Waals surface area contributed by atoms with Gasteiger partial charge >= 0.3 is 0 Å². The minimum Gasteiger partial charge on any atom is -0.325 e. The fourth-order valence-corrected chi connectivity index (χ4v) is 1.73. The van der Waals surface area contributed by atoms with E-state index in [4.69, 9.17) is 5.73 Å². The van der Waals surface area contributed by atoms with E-state index >= 15 is 0 Å². The Hall–Kier alpha value is -0.810. The van der Waals surface area contributed by atoms with Crippen molar-refractivity contribution in [3.8, 4) is 0 Å². The summed E-state index contributed by atoms with van der Waals surface area (Å²) in [5.41, 5.74) is 5.96. The van der Waals surface area contributed by atoms with Crippen LogP contribution in [0.1, 0.15) is 32.3 Å². The van der Waals surface area contributed by atoms with E-state index in [-0.39, 0.29) is 10.3 Å². The van der Waals surface area contributed by atoms with Crippen LogP contribution in [0.2, 0.25) is 0 Å². The summed E-state index contributed by atoms with van der Waals surface area (Å²) in [6.45, 7) is 6.69. The van der Waals surface area contributed by atoms with Gasteiger partial charge in [0.05, 0.1) is 11.4 Å². The predicted molar refractivity (Wildman–Crippen MR) is 63.8 cm³/mol. The van der Waals surface area contributed by atoms with Crippen LogP contribution in [-0.2, 0) is 12.3 Å². The summed E-state index contributed by atoms with van der Waals surface area (Å²) < 4.78 is 0.164. The first kappa shape index (κ1) is 12.3. The number of aromatic amines is 1. The molecule has 0 spiro atoms. The molecular formula is C10H17N3OS.